The lowest BCUT2D eigenvalue weighted by atomic mass is 9.61. The Morgan fingerprint density at radius 2 is 2.10 bits per heavy atom. The minimum atomic E-state index is -0.761. The van der Waals surface area contributed by atoms with Crippen molar-refractivity contribution in [3.8, 4) is 0 Å². The molecule has 0 N–H and O–H groups in total. The molecule has 1 heterocycles. The van der Waals surface area contributed by atoms with E-state index in [2.05, 4.69) is 41.7 Å². The summed E-state index contributed by atoms with van der Waals surface area (Å²) in [5, 5.41) is 0. The summed E-state index contributed by atoms with van der Waals surface area (Å²) in [6, 6.07) is 0. The average molecular weight is 488 g/mol. The first-order valence-corrected chi connectivity index (χ1v) is 13.6. The summed E-state index contributed by atoms with van der Waals surface area (Å²) in [7, 11) is 0. The fourth-order valence-electron chi connectivity index (χ4n) is 6.16. The third-order valence-corrected chi connectivity index (χ3v) is 9.50. The Bertz CT molecular complexity index is 609. The van der Waals surface area contributed by atoms with Gasteiger partial charge in [-0.1, -0.05) is 66.9 Å². The van der Waals surface area contributed by atoms with Crippen LogP contribution in [0.1, 0.15) is 91.9 Å². The number of allylic oxidation sites excluding steroid dienone is 1. The molecule has 3 rings (SSSR count). The van der Waals surface area contributed by atoms with Crippen molar-refractivity contribution in [1.82, 2.24) is 0 Å². The lowest BCUT2D eigenvalue weighted by Crippen LogP contribution is -2.36. The van der Waals surface area contributed by atoms with Gasteiger partial charge in [0.05, 0.1) is 0 Å². The molecule has 2 aliphatic carbocycles. The van der Waals surface area contributed by atoms with Crippen LogP contribution in [0.15, 0.2) is 10.6 Å². The van der Waals surface area contributed by atoms with Gasteiger partial charge in [-0.3, -0.25) is 0 Å². The molecular weight excluding hydrogens is 448 g/mol. The van der Waals surface area contributed by atoms with Gasteiger partial charge in [0.25, 0.3) is 5.62 Å². The van der Waals surface area contributed by atoms with Gasteiger partial charge in [0, 0.05) is 0 Å². The van der Waals surface area contributed by atoms with E-state index in [1.807, 2.05) is 6.92 Å². The summed E-state index contributed by atoms with van der Waals surface area (Å²) in [4.78, 5) is 14.6. The Kier molecular flexibility index (Phi) is 8.22. The number of thioether (sulfide) groups is 1. The number of hydrogen-bond acceptors (Lipinski definition) is 4. The predicted octanol–water partition coefficient (Wildman–Crippen LogP) is 7.44. The van der Waals surface area contributed by atoms with Gasteiger partial charge < -0.3 is 9.47 Å². The van der Waals surface area contributed by atoms with E-state index in [0.717, 1.165) is 43.3 Å². The van der Waals surface area contributed by atoms with Crippen molar-refractivity contribution in [3.05, 3.63) is 10.6 Å². The maximum atomic E-state index is 12.4. The van der Waals surface area contributed by atoms with Gasteiger partial charge >= 0.3 is 5.97 Å². The highest BCUT2D eigenvalue weighted by molar-refractivity contribution is 9.11. The number of halogens is 1. The Balaban J connectivity index is 1.50. The van der Waals surface area contributed by atoms with Crippen molar-refractivity contribution >= 4 is 33.7 Å². The zero-order valence-electron chi connectivity index (χ0n) is 18.7. The Labute approximate surface area is 190 Å². The SMILES string of the molecule is CCCCS[C@@H]1OC(=O)[C@@](C)(CCC[C@@H](C)C2CCC3/C(=C/Br)CCCC32C)O1. The molecule has 3 unspecified atom stereocenters. The summed E-state index contributed by atoms with van der Waals surface area (Å²) in [5.74, 6) is 3.04. The molecule has 5 heteroatoms. The van der Waals surface area contributed by atoms with Gasteiger partial charge in [0.1, 0.15) is 0 Å². The molecule has 166 valence electrons. The van der Waals surface area contributed by atoms with Gasteiger partial charge in [-0.25, -0.2) is 4.79 Å². The van der Waals surface area contributed by atoms with Crippen LogP contribution in [0.4, 0.5) is 0 Å². The molecule has 3 aliphatic rings. The first-order chi connectivity index (χ1) is 13.8. The molecule has 0 aromatic heterocycles. The van der Waals surface area contributed by atoms with Crippen LogP contribution in [0.3, 0.4) is 0 Å². The number of rotatable bonds is 9. The normalized spacial score (nSPS) is 39.6. The highest BCUT2D eigenvalue weighted by Gasteiger charge is 2.51. The lowest BCUT2D eigenvalue weighted by Gasteiger charge is -2.44. The van der Waals surface area contributed by atoms with Crippen molar-refractivity contribution < 1.29 is 14.3 Å². The van der Waals surface area contributed by atoms with Crippen LogP contribution in [0.2, 0.25) is 0 Å². The van der Waals surface area contributed by atoms with Crippen LogP contribution < -0.4 is 0 Å². The highest BCUT2D eigenvalue weighted by Crippen LogP contribution is 2.60. The second-order valence-electron chi connectivity index (χ2n) is 9.92. The fraction of sp³-hybridized carbons (Fsp3) is 0.875. The summed E-state index contributed by atoms with van der Waals surface area (Å²) in [5.41, 5.74) is 0.908. The second-order valence-corrected chi connectivity index (χ2v) is 11.5. The quantitative estimate of drug-likeness (QED) is 0.250. The molecule has 0 radical (unpaired) electrons. The van der Waals surface area contributed by atoms with Gasteiger partial charge in [0.15, 0.2) is 5.60 Å². The molecule has 0 bridgehead atoms. The van der Waals surface area contributed by atoms with E-state index in [-0.39, 0.29) is 5.97 Å². The number of ether oxygens (including phenoxy) is 2. The molecule has 0 spiro atoms. The molecule has 29 heavy (non-hydrogen) atoms. The fourth-order valence-corrected chi connectivity index (χ4v) is 7.79. The Hall–Kier alpha value is -0.0000000000000000763. The minimum absolute atomic E-state index is 0.175. The summed E-state index contributed by atoms with van der Waals surface area (Å²) >= 11 is 5.24. The van der Waals surface area contributed by atoms with E-state index in [4.69, 9.17) is 9.47 Å². The van der Waals surface area contributed by atoms with Crippen LogP contribution >= 0.6 is 27.7 Å². The number of fused-ring (bicyclic) bond motifs is 1. The van der Waals surface area contributed by atoms with Gasteiger partial charge in [-0.2, -0.15) is 0 Å². The molecule has 3 fully saturated rings. The number of hydrogen-bond donors (Lipinski definition) is 0. The molecule has 0 amide bonds. The second kappa shape index (κ2) is 10.1. The van der Waals surface area contributed by atoms with E-state index in [1.165, 1.54) is 38.5 Å². The van der Waals surface area contributed by atoms with E-state index in [9.17, 15) is 4.79 Å². The third-order valence-electron chi connectivity index (χ3n) is 7.92. The molecule has 2 saturated carbocycles. The van der Waals surface area contributed by atoms with Crippen molar-refractivity contribution in [2.45, 2.75) is 103 Å². The van der Waals surface area contributed by atoms with E-state index in [0.29, 0.717) is 11.3 Å². The lowest BCUT2D eigenvalue weighted by molar-refractivity contribution is -0.143. The average Bonchev–Trinajstić information content (AvgIpc) is 3.18. The van der Waals surface area contributed by atoms with E-state index < -0.39 is 11.2 Å². The zero-order chi connectivity index (χ0) is 21.1. The van der Waals surface area contributed by atoms with E-state index in [1.54, 1.807) is 17.3 Å². The predicted molar refractivity (Wildman–Crippen MR) is 125 cm³/mol. The van der Waals surface area contributed by atoms with Crippen LogP contribution in [0.25, 0.3) is 0 Å². The first kappa shape index (κ1) is 23.7. The zero-order valence-corrected chi connectivity index (χ0v) is 21.1. The van der Waals surface area contributed by atoms with Crippen molar-refractivity contribution in [1.29, 1.82) is 0 Å². The molecule has 0 aromatic carbocycles. The van der Waals surface area contributed by atoms with Crippen LogP contribution in [0, 0.1) is 23.2 Å². The van der Waals surface area contributed by atoms with Crippen molar-refractivity contribution in [3.63, 3.8) is 0 Å². The molecule has 1 aliphatic heterocycles. The molecular formula is C24H39BrO3S. The topological polar surface area (TPSA) is 35.5 Å². The standard InChI is InChI=1S/C24H39BrO3S/c1-5-6-15-29-22-27-21(26)24(4,28-22)14-7-9-17(2)19-11-12-20-18(16-25)10-8-13-23(19,20)3/h16-17,19-20,22H,5-15H2,1-4H3/b18-16+/t17-,19?,20?,22-,23?,24-/m1/s1. The number of esters is 1. The van der Waals surface area contributed by atoms with E-state index >= 15 is 0 Å². The van der Waals surface area contributed by atoms with Crippen molar-refractivity contribution in [2.24, 2.45) is 23.2 Å². The molecule has 0 aromatic rings. The summed E-state index contributed by atoms with van der Waals surface area (Å²) in [6.45, 7) is 9.06. The maximum absolute atomic E-state index is 12.4. The minimum Gasteiger partial charge on any atom is -0.424 e. The first-order valence-electron chi connectivity index (χ1n) is 11.6. The number of carbonyl (C=O) groups excluding carboxylic acids is 1. The third kappa shape index (κ3) is 5.09. The highest BCUT2D eigenvalue weighted by atomic mass is 79.9. The van der Waals surface area contributed by atoms with Crippen LogP contribution in [0.5, 0.6) is 0 Å². The van der Waals surface area contributed by atoms with Crippen LogP contribution in [-0.2, 0) is 14.3 Å². The molecule has 1 saturated heterocycles. The summed E-state index contributed by atoms with van der Waals surface area (Å²) < 4.78 is 11.5. The monoisotopic (exact) mass is 486 g/mol. The maximum Gasteiger partial charge on any atom is 0.341 e. The summed E-state index contributed by atoms with van der Waals surface area (Å²) in [6.07, 6.45) is 11.9. The number of carbonyl (C=O) groups is 1. The number of cyclic esters (lactones) is 1. The number of unbranched alkanes of at least 4 members (excludes halogenated alkanes) is 1. The van der Waals surface area contributed by atoms with Gasteiger partial charge in [-0.15, -0.1) is 0 Å². The van der Waals surface area contributed by atoms with Crippen LogP contribution in [-0.4, -0.2) is 22.9 Å². The smallest absolute Gasteiger partial charge is 0.341 e. The Morgan fingerprint density at radius 3 is 2.83 bits per heavy atom. The largest absolute Gasteiger partial charge is 0.424 e. The van der Waals surface area contributed by atoms with Gasteiger partial charge in [-0.05, 0) is 92.2 Å². The Morgan fingerprint density at radius 1 is 1.31 bits per heavy atom. The molecule has 3 nitrogen and oxygen atoms in total. The van der Waals surface area contributed by atoms with Crippen molar-refractivity contribution in [2.75, 3.05) is 5.75 Å². The van der Waals surface area contributed by atoms with Gasteiger partial charge in [0.2, 0.25) is 0 Å². The molecule has 6 atom stereocenters.